The first-order chi connectivity index (χ1) is 11.8. The monoisotopic (exact) mass is 363 g/mol. The lowest BCUT2D eigenvalue weighted by Crippen LogP contribution is -2.54. The van der Waals surface area contributed by atoms with Crippen LogP contribution >= 0.6 is 11.6 Å². The van der Waals surface area contributed by atoms with Crippen molar-refractivity contribution in [3.05, 3.63) is 29.3 Å². The molecule has 2 fully saturated rings. The summed E-state index contributed by atoms with van der Waals surface area (Å²) < 4.78 is 0. The van der Waals surface area contributed by atoms with Gasteiger partial charge in [0.2, 0.25) is 5.91 Å². The summed E-state index contributed by atoms with van der Waals surface area (Å²) >= 11 is 5.91. The zero-order valence-electron chi connectivity index (χ0n) is 14.3. The molecule has 3 rings (SSSR count). The maximum absolute atomic E-state index is 13.0. The second kappa shape index (κ2) is 6.67. The van der Waals surface area contributed by atoms with Crippen molar-refractivity contribution >= 4 is 35.1 Å². The van der Waals surface area contributed by atoms with E-state index in [2.05, 4.69) is 10.6 Å². The second-order valence-electron chi connectivity index (χ2n) is 6.90. The minimum Gasteiger partial charge on any atom is -0.324 e. The Hall–Kier alpha value is -2.08. The van der Waals surface area contributed by atoms with E-state index in [1.54, 1.807) is 31.2 Å². The normalized spacial score (nSPS) is 27.3. The smallest absolute Gasteiger partial charge is 0.324 e. The molecule has 0 aromatic heterocycles. The molecule has 1 heterocycles. The highest BCUT2D eigenvalue weighted by molar-refractivity contribution is 6.30. The van der Waals surface area contributed by atoms with Crippen LogP contribution in [-0.4, -0.2) is 34.3 Å². The standard InChI is InChI=1S/C18H22ClN3O3/c1-11-6-3-4-9-18(11)16(24)22(17(25)21-18)12(2)15(23)20-14-8-5-7-13(19)10-14/h5,7-8,10-12H,3-4,6,9H2,1-2H3,(H,20,23)(H,21,25)/t11-,12+,18+/m1/s1. The Balaban J connectivity index is 1.77. The molecule has 0 bridgehead atoms. The Bertz CT molecular complexity index is 723. The van der Waals surface area contributed by atoms with Gasteiger partial charge < -0.3 is 10.6 Å². The highest BCUT2D eigenvalue weighted by atomic mass is 35.5. The Morgan fingerprint density at radius 3 is 2.84 bits per heavy atom. The van der Waals surface area contributed by atoms with Gasteiger partial charge >= 0.3 is 6.03 Å². The third kappa shape index (κ3) is 3.11. The molecule has 3 atom stereocenters. The molecular weight excluding hydrogens is 342 g/mol. The van der Waals surface area contributed by atoms with Crippen molar-refractivity contribution in [1.29, 1.82) is 0 Å². The highest BCUT2D eigenvalue weighted by Crippen LogP contribution is 2.38. The minimum absolute atomic E-state index is 0.0610. The van der Waals surface area contributed by atoms with Gasteiger partial charge in [-0.3, -0.25) is 9.59 Å². The molecule has 1 saturated heterocycles. The summed E-state index contributed by atoms with van der Waals surface area (Å²) in [7, 11) is 0. The van der Waals surface area contributed by atoms with Gasteiger partial charge in [-0.25, -0.2) is 9.69 Å². The third-order valence-electron chi connectivity index (χ3n) is 5.31. The second-order valence-corrected chi connectivity index (χ2v) is 7.34. The summed E-state index contributed by atoms with van der Waals surface area (Å²) in [5.41, 5.74) is -0.336. The third-order valence-corrected chi connectivity index (χ3v) is 5.54. The van der Waals surface area contributed by atoms with Crippen LogP contribution in [0.4, 0.5) is 10.5 Å². The van der Waals surface area contributed by atoms with Gasteiger partial charge in [-0.15, -0.1) is 0 Å². The molecule has 2 aliphatic rings. The molecule has 1 aromatic rings. The molecule has 0 radical (unpaired) electrons. The molecule has 7 heteroatoms. The van der Waals surface area contributed by atoms with Crippen molar-refractivity contribution in [3.63, 3.8) is 0 Å². The number of halogens is 1. The average molecular weight is 364 g/mol. The van der Waals surface area contributed by atoms with Crippen molar-refractivity contribution in [2.45, 2.75) is 51.1 Å². The number of benzene rings is 1. The van der Waals surface area contributed by atoms with Crippen molar-refractivity contribution in [2.24, 2.45) is 5.92 Å². The van der Waals surface area contributed by atoms with Crippen LogP contribution in [-0.2, 0) is 9.59 Å². The zero-order valence-corrected chi connectivity index (χ0v) is 15.1. The Morgan fingerprint density at radius 1 is 1.40 bits per heavy atom. The molecule has 1 aliphatic heterocycles. The predicted molar refractivity (Wildman–Crippen MR) is 95.3 cm³/mol. The van der Waals surface area contributed by atoms with Gasteiger partial charge in [-0.2, -0.15) is 0 Å². The van der Waals surface area contributed by atoms with Gasteiger partial charge in [0, 0.05) is 10.7 Å². The van der Waals surface area contributed by atoms with E-state index in [0.29, 0.717) is 17.1 Å². The topological polar surface area (TPSA) is 78.5 Å². The molecule has 1 aromatic carbocycles. The van der Waals surface area contributed by atoms with Crippen LogP contribution in [0.5, 0.6) is 0 Å². The molecule has 1 aliphatic carbocycles. The quantitative estimate of drug-likeness (QED) is 0.809. The number of amides is 4. The fourth-order valence-electron chi connectivity index (χ4n) is 3.74. The molecule has 134 valence electrons. The van der Waals surface area contributed by atoms with Crippen molar-refractivity contribution in [2.75, 3.05) is 5.32 Å². The lowest BCUT2D eigenvalue weighted by molar-refractivity contribution is -0.138. The van der Waals surface area contributed by atoms with Gasteiger partial charge in [0.15, 0.2) is 0 Å². The van der Waals surface area contributed by atoms with Crippen molar-refractivity contribution in [1.82, 2.24) is 10.2 Å². The number of hydrogen-bond donors (Lipinski definition) is 2. The molecular formula is C18H22ClN3O3. The number of urea groups is 1. The van der Waals surface area contributed by atoms with E-state index in [0.717, 1.165) is 24.2 Å². The van der Waals surface area contributed by atoms with E-state index in [-0.39, 0.29) is 11.8 Å². The molecule has 0 unspecified atom stereocenters. The van der Waals surface area contributed by atoms with Gasteiger partial charge in [-0.05, 0) is 43.9 Å². The Morgan fingerprint density at radius 2 is 2.16 bits per heavy atom. The van der Waals surface area contributed by atoms with E-state index >= 15 is 0 Å². The summed E-state index contributed by atoms with van der Waals surface area (Å²) in [6.07, 6.45) is 3.46. The number of carbonyl (C=O) groups is 3. The van der Waals surface area contributed by atoms with E-state index < -0.39 is 23.5 Å². The van der Waals surface area contributed by atoms with Crippen molar-refractivity contribution in [3.8, 4) is 0 Å². The fourth-order valence-corrected chi connectivity index (χ4v) is 3.93. The summed E-state index contributed by atoms with van der Waals surface area (Å²) in [4.78, 5) is 39.0. The van der Waals surface area contributed by atoms with E-state index in [9.17, 15) is 14.4 Å². The number of nitrogens with zero attached hydrogens (tertiary/aromatic N) is 1. The largest absolute Gasteiger partial charge is 0.325 e. The summed E-state index contributed by atoms with van der Waals surface area (Å²) in [5.74, 6) is -0.657. The van der Waals surface area contributed by atoms with Gasteiger partial charge in [0.25, 0.3) is 5.91 Å². The number of imide groups is 1. The molecule has 6 nitrogen and oxygen atoms in total. The molecule has 1 spiro atoms. The maximum Gasteiger partial charge on any atom is 0.325 e. The first-order valence-corrected chi connectivity index (χ1v) is 8.95. The number of anilines is 1. The van der Waals surface area contributed by atoms with Crippen molar-refractivity contribution < 1.29 is 14.4 Å². The van der Waals surface area contributed by atoms with Crippen LogP contribution in [0.1, 0.15) is 39.5 Å². The van der Waals surface area contributed by atoms with Crippen LogP contribution in [0, 0.1) is 5.92 Å². The lowest BCUT2D eigenvalue weighted by Gasteiger charge is -2.37. The number of rotatable bonds is 3. The molecule has 2 N–H and O–H groups in total. The summed E-state index contributed by atoms with van der Waals surface area (Å²) in [6.45, 7) is 3.54. The SMILES string of the molecule is C[C@@H]1CCCC[C@]12NC(=O)N([C@@H](C)C(=O)Nc1cccc(Cl)c1)C2=O. The Kier molecular flexibility index (Phi) is 4.73. The summed E-state index contributed by atoms with van der Waals surface area (Å²) in [6, 6.07) is 5.34. The van der Waals surface area contributed by atoms with Crippen LogP contribution in [0.2, 0.25) is 5.02 Å². The summed E-state index contributed by atoms with van der Waals surface area (Å²) in [5, 5.41) is 6.07. The van der Waals surface area contributed by atoms with E-state index in [1.165, 1.54) is 0 Å². The van der Waals surface area contributed by atoms with Crippen LogP contribution in [0.15, 0.2) is 24.3 Å². The Labute approximate surface area is 151 Å². The first kappa shape index (κ1) is 17.7. The minimum atomic E-state index is -0.903. The highest BCUT2D eigenvalue weighted by Gasteiger charge is 2.56. The van der Waals surface area contributed by atoms with Gasteiger partial charge in [0.1, 0.15) is 11.6 Å². The van der Waals surface area contributed by atoms with Gasteiger partial charge in [0.05, 0.1) is 0 Å². The lowest BCUT2D eigenvalue weighted by atomic mass is 9.73. The number of nitrogens with one attached hydrogen (secondary N) is 2. The maximum atomic E-state index is 13.0. The van der Waals surface area contributed by atoms with E-state index in [1.807, 2.05) is 6.92 Å². The van der Waals surface area contributed by atoms with Crippen LogP contribution in [0.25, 0.3) is 0 Å². The van der Waals surface area contributed by atoms with Crippen LogP contribution < -0.4 is 10.6 Å². The predicted octanol–water partition coefficient (Wildman–Crippen LogP) is 3.17. The first-order valence-electron chi connectivity index (χ1n) is 8.57. The number of hydrogen-bond acceptors (Lipinski definition) is 3. The number of carbonyl (C=O) groups excluding carboxylic acids is 3. The molecule has 1 saturated carbocycles. The molecule has 4 amide bonds. The average Bonchev–Trinajstić information content (AvgIpc) is 2.81. The fraction of sp³-hybridized carbons (Fsp3) is 0.500. The molecule has 25 heavy (non-hydrogen) atoms. The van der Waals surface area contributed by atoms with Crippen LogP contribution in [0.3, 0.4) is 0 Å². The zero-order chi connectivity index (χ0) is 18.2. The van der Waals surface area contributed by atoms with E-state index in [4.69, 9.17) is 11.6 Å². The van der Waals surface area contributed by atoms with Gasteiger partial charge in [-0.1, -0.05) is 37.4 Å².